The Hall–Kier alpha value is -1.30. The lowest BCUT2D eigenvalue weighted by Gasteiger charge is -2.31. The van der Waals surface area contributed by atoms with Crippen LogP contribution >= 0.6 is 0 Å². The maximum atomic E-state index is 12.4. The summed E-state index contributed by atoms with van der Waals surface area (Å²) >= 11 is 0. The Balaban J connectivity index is 1.79. The number of carbonyl (C=O) groups is 1. The molecule has 162 valence electrons. The van der Waals surface area contributed by atoms with Gasteiger partial charge in [0.1, 0.15) is 0 Å². The lowest BCUT2D eigenvalue weighted by molar-refractivity contribution is -0.126. The molecule has 0 radical (unpaired) electrons. The van der Waals surface area contributed by atoms with Crippen LogP contribution in [-0.4, -0.2) is 60.6 Å². The van der Waals surface area contributed by atoms with Gasteiger partial charge in [0.05, 0.1) is 0 Å². The van der Waals surface area contributed by atoms with Crippen molar-refractivity contribution in [3.63, 3.8) is 0 Å². The molecule has 6 nitrogen and oxygen atoms in total. The van der Waals surface area contributed by atoms with Crippen LogP contribution in [0.25, 0.3) is 0 Å². The van der Waals surface area contributed by atoms with Gasteiger partial charge in [-0.1, -0.05) is 6.42 Å². The minimum atomic E-state index is 0.153. The molecule has 0 spiro atoms. The van der Waals surface area contributed by atoms with Gasteiger partial charge in [-0.2, -0.15) is 0 Å². The van der Waals surface area contributed by atoms with Crippen molar-refractivity contribution in [1.82, 2.24) is 20.9 Å². The molecule has 2 atom stereocenters. The van der Waals surface area contributed by atoms with Gasteiger partial charge in [0, 0.05) is 49.7 Å². The molecule has 0 heterocycles. The lowest BCUT2D eigenvalue weighted by atomic mass is 9.85. The van der Waals surface area contributed by atoms with Crippen molar-refractivity contribution >= 4 is 11.9 Å². The van der Waals surface area contributed by atoms with E-state index in [4.69, 9.17) is 4.99 Å². The second kappa shape index (κ2) is 11.6. The molecule has 0 saturated heterocycles. The van der Waals surface area contributed by atoms with Gasteiger partial charge in [-0.15, -0.1) is 0 Å². The third-order valence-corrected chi connectivity index (χ3v) is 5.82. The van der Waals surface area contributed by atoms with E-state index in [9.17, 15) is 4.79 Å². The molecule has 0 aromatic carbocycles. The number of hydrogen-bond donors (Lipinski definition) is 3. The summed E-state index contributed by atoms with van der Waals surface area (Å²) in [5, 5.41) is 10.1. The molecule has 2 saturated carbocycles. The number of rotatable bonds is 10. The molecule has 2 fully saturated rings. The Morgan fingerprint density at radius 2 is 1.75 bits per heavy atom. The van der Waals surface area contributed by atoms with Crippen LogP contribution in [0.15, 0.2) is 4.99 Å². The van der Waals surface area contributed by atoms with Crippen LogP contribution in [0.1, 0.15) is 79.6 Å². The summed E-state index contributed by atoms with van der Waals surface area (Å²) in [5.41, 5.74) is 0. The van der Waals surface area contributed by atoms with E-state index in [-0.39, 0.29) is 11.8 Å². The summed E-state index contributed by atoms with van der Waals surface area (Å²) in [7, 11) is 0. The number of aliphatic imine (C=N–C) groups is 1. The molecular formula is C22H43N5O. The predicted octanol–water partition coefficient (Wildman–Crippen LogP) is 2.89. The van der Waals surface area contributed by atoms with Crippen LogP contribution in [0.2, 0.25) is 0 Å². The number of guanidine groups is 1. The Labute approximate surface area is 172 Å². The van der Waals surface area contributed by atoms with E-state index in [1.54, 1.807) is 0 Å². The fourth-order valence-corrected chi connectivity index (χ4v) is 4.18. The van der Waals surface area contributed by atoms with Crippen molar-refractivity contribution in [2.45, 2.75) is 104 Å². The first kappa shape index (κ1) is 23.0. The van der Waals surface area contributed by atoms with Gasteiger partial charge in [-0.05, 0) is 73.1 Å². The zero-order valence-electron chi connectivity index (χ0n) is 18.8. The van der Waals surface area contributed by atoms with Gasteiger partial charge < -0.3 is 16.0 Å². The highest BCUT2D eigenvalue weighted by atomic mass is 16.2. The molecule has 2 aliphatic rings. The van der Waals surface area contributed by atoms with Crippen LogP contribution in [0.5, 0.6) is 0 Å². The highest BCUT2D eigenvalue weighted by Crippen LogP contribution is 2.26. The topological polar surface area (TPSA) is 68.8 Å². The maximum Gasteiger partial charge on any atom is 0.223 e. The third-order valence-electron chi connectivity index (χ3n) is 5.82. The van der Waals surface area contributed by atoms with Gasteiger partial charge in [0.2, 0.25) is 5.91 Å². The number of nitrogens with one attached hydrogen (secondary N) is 3. The van der Waals surface area contributed by atoms with E-state index in [1.807, 2.05) is 0 Å². The van der Waals surface area contributed by atoms with E-state index in [0.29, 0.717) is 24.2 Å². The molecule has 0 bridgehead atoms. The van der Waals surface area contributed by atoms with Crippen molar-refractivity contribution in [3.8, 4) is 0 Å². The van der Waals surface area contributed by atoms with E-state index >= 15 is 0 Å². The largest absolute Gasteiger partial charge is 0.357 e. The normalized spacial score (nSPS) is 23.4. The SMILES string of the molecule is CCNC(=NCCCN(C(C)C)C(C)C)NC1CCCC(C(=O)NC2CC2)C1. The van der Waals surface area contributed by atoms with Crippen LogP contribution in [0, 0.1) is 5.92 Å². The van der Waals surface area contributed by atoms with E-state index in [1.165, 1.54) is 0 Å². The Morgan fingerprint density at radius 3 is 2.36 bits per heavy atom. The fourth-order valence-electron chi connectivity index (χ4n) is 4.18. The molecule has 0 aromatic rings. The first-order valence-corrected chi connectivity index (χ1v) is 11.5. The molecule has 6 heteroatoms. The quantitative estimate of drug-likeness (QED) is 0.303. The summed E-state index contributed by atoms with van der Waals surface area (Å²) in [6.45, 7) is 13.9. The van der Waals surface area contributed by atoms with Crippen LogP contribution in [-0.2, 0) is 4.79 Å². The van der Waals surface area contributed by atoms with Crippen LogP contribution < -0.4 is 16.0 Å². The van der Waals surface area contributed by atoms with E-state index < -0.39 is 0 Å². The second-order valence-corrected chi connectivity index (χ2v) is 9.03. The first-order chi connectivity index (χ1) is 13.4. The molecule has 28 heavy (non-hydrogen) atoms. The maximum absolute atomic E-state index is 12.4. The van der Waals surface area contributed by atoms with Crippen LogP contribution in [0.4, 0.5) is 0 Å². The molecule has 0 aromatic heterocycles. The van der Waals surface area contributed by atoms with Gasteiger partial charge >= 0.3 is 0 Å². The first-order valence-electron chi connectivity index (χ1n) is 11.5. The Bertz CT molecular complexity index is 493. The van der Waals surface area contributed by atoms with Gasteiger partial charge in [-0.3, -0.25) is 14.7 Å². The van der Waals surface area contributed by atoms with Crippen molar-refractivity contribution < 1.29 is 4.79 Å². The lowest BCUT2D eigenvalue weighted by Crippen LogP contribution is -2.47. The Morgan fingerprint density at radius 1 is 1.04 bits per heavy atom. The summed E-state index contributed by atoms with van der Waals surface area (Å²) in [6.07, 6.45) is 7.53. The molecule has 3 N–H and O–H groups in total. The highest BCUT2D eigenvalue weighted by Gasteiger charge is 2.31. The number of hydrogen-bond acceptors (Lipinski definition) is 3. The molecule has 1 amide bonds. The zero-order valence-corrected chi connectivity index (χ0v) is 18.8. The number of nitrogens with zero attached hydrogens (tertiary/aromatic N) is 2. The third kappa shape index (κ3) is 7.98. The van der Waals surface area contributed by atoms with Crippen molar-refractivity contribution in [1.29, 1.82) is 0 Å². The molecule has 0 aliphatic heterocycles. The minimum absolute atomic E-state index is 0.153. The Kier molecular flexibility index (Phi) is 9.56. The summed E-state index contributed by atoms with van der Waals surface area (Å²) in [5.74, 6) is 1.31. The van der Waals surface area contributed by atoms with Gasteiger partial charge in [-0.25, -0.2) is 0 Å². The highest BCUT2D eigenvalue weighted by molar-refractivity contribution is 5.81. The minimum Gasteiger partial charge on any atom is -0.357 e. The smallest absolute Gasteiger partial charge is 0.223 e. The monoisotopic (exact) mass is 393 g/mol. The summed E-state index contributed by atoms with van der Waals surface area (Å²) in [6, 6.07) is 1.92. The fraction of sp³-hybridized carbons (Fsp3) is 0.909. The van der Waals surface area contributed by atoms with Gasteiger partial charge in [0.15, 0.2) is 5.96 Å². The zero-order chi connectivity index (χ0) is 20.5. The molecule has 2 aliphatic carbocycles. The standard InChI is InChI=1S/C22H43N5O/c1-6-23-22(24-13-8-14-27(16(2)3)17(4)5)26-20-10-7-9-18(15-20)21(28)25-19-11-12-19/h16-20H,6-15H2,1-5H3,(H,25,28)(H2,23,24,26). The average Bonchev–Trinajstić information content (AvgIpc) is 3.45. The average molecular weight is 394 g/mol. The van der Waals surface area contributed by atoms with Crippen molar-refractivity contribution in [2.24, 2.45) is 10.9 Å². The molecule has 2 rings (SSSR count). The van der Waals surface area contributed by atoms with E-state index in [0.717, 1.165) is 70.5 Å². The summed E-state index contributed by atoms with van der Waals surface area (Å²) < 4.78 is 0. The van der Waals surface area contributed by atoms with Crippen LogP contribution in [0.3, 0.4) is 0 Å². The number of carbonyl (C=O) groups excluding carboxylic acids is 1. The molecule has 2 unspecified atom stereocenters. The van der Waals surface area contributed by atoms with Crippen molar-refractivity contribution in [3.05, 3.63) is 0 Å². The number of amides is 1. The van der Waals surface area contributed by atoms with Crippen molar-refractivity contribution in [2.75, 3.05) is 19.6 Å². The second-order valence-electron chi connectivity index (χ2n) is 9.03. The van der Waals surface area contributed by atoms with Gasteiger partial charge in [0.25, 0.3) is 0 Å². The van der Waals surface area contributed by atoms with E-state index in [2.05, 4.69) is 55.5 Å². The molecular weight excluding hydrogens is 350 g/mol. The summed E-state index contributed by atoms with van der Waals surface area (Å²) in [4.78, 5) is 19.7. The predicted molar refractivity (Wildman–Crippen MR) is 118 cm³/mol.